The zero-order chi connectivity index (χ0) is 106. The molecule has 7 rings (SSSR count). The zero-order valence-corrected chi connectivity index (χ0v) is 83.6. The highest BCUT2D eigenvalue weighted by Gasteiger charge is 2.43. The number of carboxylic acid groups (broad SMARTS) is 1. The first kappa shape index (κ1) is 115. The van der Waals surface area contributed by atoms with Crippen molar-refractivity contribution < 1.29 is 96.8 Å². The van der Waals surface area contributed by atoms with E-state index in [9.17, 15) is 53.7 Å². The molecular formula is C99H139N23O20S. The number of thioether (sulfide) groups is 1. The van der Waals surface area contributed by atoms with Crippen molar-refractivity contribution in [1.29, 1.82) is 10.8 Å². The van der Waals surface area contributed by atoms with E-state index in [0.717, 1.165) is 39.6 Å². The number of aliphatic hydroxyl groups excluding tert-OH is 1. The normalized spacial score (nSPS) is 23.0. The number of hydrogen-bond donors (Lipinski definition) is 24. The van der Waals surface area contributed by atoms with E-state index in [0.29, 0.717) is 33.2 Å². The topological polar surface area (TPSA) is 679 Å². The van der Waals surface area contributed by atoms with E-state index in [4.69, 9.17) is 28.0 Å². The number of phenolic OH excluding ortho intramolecular Hbond substituents is 1. The van der Waals surface area contributed by atoms with Crippen molar-refractivity contribution >= 4 is 135 Å². The van der Waals surface area contributed by atoms with Gasteiger partial charge in [-0.2, -0.15) is 0 Å². The molecule has 16 amide bonds. The van der Waals surface area contributed by atoms with Crippen LogP contribution >= 0.6 is 11.8 Å². The molecule has 143 heavy (non-hydrogen) atoms. The fraction of sp³-hybridized carbons (Fsp3) is 0.485. The summed E-state index contributed by atoms with van der Waals surface area (Å²) in [5.41, 5.74) is 20.8. The molecule has 2 heterocycles. The second-order valence-corrected chi connectivity index (χ2v) is 38.3. The number of likely N-dealkylation sites (N-methyl/N-ethyl adjacent to an activating group) is 2. The molecule has 44 heteroatoms. The number of amides is 16. The summed E-state index contributed by atoms with van der Waals surface area (Å²) in [5, 5.41) is 88.0. The Labute approximate surface area is 834 Å². The first-order valence-electron chi connectivity index (χ1n) is 47.5. The average molecular weight is 2000 g/mol. The second-order valence-electron chi connectivity index (χ2n) is 37.2. The summed E-state index contributed by atoms with van der Waals surface area (Å²) in [6.45, 7) is 16.8. The van der Waals surface area contributed by atoms with Crippen molar-refractivity contribution in [1.82, 2.24) is 94.5 Å². The predicted molar refractivity (Wildman–Crippen MR) is 536 cm³/mol. The number of aromatic nitrogens is 1. The number of hydrogen-bond acceptors (Lipinski definition) is 22. The lowest BCUT2D eigenvalue weighted by Gasteiger charge is -2.35. The number of aliphatic carboxylic acids is 1. The van der Waals surface area contributed by atoms with Crippen LogP contribution in [0.5, 0.6) is 5.75 Å². The number of nitrogens with one attached hydrogen (secondary N) is 18. The van der Waals surface area contributed by atoms with Gasteiger partial charge in [0.15, 0.2) is 11.9 Å². The van der Waals surface area contributed by atoms with E-state index < -0.39 is 245 Å². The molecule has 0 radical (unpaired) electrons. The fourth-order valence-corrected chi connectivity index (χ4v) is 16.7. The maximum absolute atomic E-state index is 15.6. The molecule has 16 atom stereocenters. The summed E-state index contributed by atoms with van der Waals surface area (Å²) in [7, 11) is 2.58. The Balaban J connectivity index is 1.37. The number of aromatic hydroxyl groups is 1. The monoisotopic (exact) mass is 2000 g/mol. The third-order valence-corrected chi connectivity index (χ3v) is 25.0. The number of H-pyrrole nitrogens is 1. The van der Waals surface area contributed by atoms with Crippen molar-refractivity contribution in [2.24, 2.45) is 40.9 Å². The summed E-state index contributed by atoms with van der Waals surface area (Å²) in [4.78, 5) is 257. The van der Waals surface area contributed by atoms with Crippen LogP contribution in [0, 0.1) is 34.5 Å². The Bertz CT molecular complexity index is 5420. The van der Waals surface area contributed by atoms with Gasteiger partial charge in [0.1, 0.15) is 96.4 Å². The van der Waals surface area contributed by atoms with Crippen LogP contribution in [0.15, 0.2) is 140 Å². The Kier molecular flexibility index (Phi) is 45.2. The Morgan fingerprint density at radius 1 is 0.455 bits per heavy atom. The smallest absolute Gasteiger partial charge is 0.305 e. The number of aromatic amines is 1. The van der Waals surface area contributed by atoms with E-state index in [-0.39, 0.29) is 88.5 Å². The molecule has 0 aliphatic carbocycles. The minimum Gasteiger partial charge on any atom is -0.508 e. The number of fused-ring (bicyclic) bond motifs is 1. The first-order chi connectivity index (χ1) is 67.6. The first-order valence-corrected chi connectivity index (χ1v) is 48.7. The summed E-state index contributed by atoms with van der Waals surface area (Å²) >= 11 is 0.720. The molecule has 1 aromatic heterocycles. The lowest BCUT2D eigenvalue weighted by Crippen LogP contribution is -2.63. The van der Waals surface area contributed by atoms with Crippen molar-refractivity contribution in [3.8, 4) is 16.9 Å². The van der Waals surface area contributed by atoms with Gasteiger partial charge < -0.3 is 127 Å². The molecule has 0 bridgehead atoms. The highest BCUT2D eigenvalue weighted by Crippen LogP contribution is 2.25. The number of primary amides is 1. The number of para-hydroxylation sites is 1. The van der Waals surface area contributed by atoms with Crippen molar-refractivity contribution in [2.45, 2.75) is 244 Å². The number of carbonyl (C=O) groups is 17. The van der Waals surface area contributed by atoms with E-state index >= 15 is 43.2 Å². The predicted octanol–water partition coefficient (Wildman–Crippen LogP) is -0.174. The van der Waals surface area contributed by atoms with E-state index in [1.165, 1.54) is 66.1 Å². The molecule has 0 saturated carbocycles. The minimum absolute atomic E-state index is 0.00623. The lowest BCUT2D eigenvalue weighted by atomic mass is 9.98. The highest BCUT2D eigenvalue weighted by molar-refractivity contribution is 8.00. The number of carboxylic acids is 1. The molecule has 6 aromatic rings. The van der Waals surface area contributed by atoms with Crippen LogP contribution in [0.3, 0.4) is 0 Å². The number of nitrogens with two attached hydrogens (primary N) is 3. The number of carbonyl (C=O) groups excluding carboxylic acids is 16. The Morgan fingerprint density at radius 2 is 0.874 bits per heavy atom. The largest absolute Gasteiger partial charge is 0.508 e. The van der Waals surface area contributed by atoms with E-state index in [2.05, 4.69) is 84.7 Å². The van der Waals surface area contributed by atoms with Gasteiger partial charge in [0.25, 0.3) is 0 Å². The third-order valence-electron chi connectivity index (χ3n) is 24.0. The maximum Gasteiger partial charge on any atom is 0.305 e. The summed E-state index contributed by atoms with van der Waals surface area (Å²) < 4.78 is 0. The van der Waals surface area contributed by atoms with Crippen LogP contribution in [-0.4, -0.2) is 278 Å². The van der Waals surface area contributed by atoms with Crippen molar-refractivity contribution in [3.05, 3.63) is 162 Å². The van der Waals surface area contributed by atoms with Crippen LogP contribution < -0.4 is 97.0 Å². The molecular weight excluding hydrogens is 1860 g/mol. The van der Waals surface area contributed by atoms with Crippen molar-refractivity contribution in [3.63, 3.8) is 0 Å². The van der Waals surface area contributed by atoms with Crippen LogP contribution in [-0.2, 0) is 107 Å². The Hall–Kier alpha value is -14.7. The average Bonchev–Trinajstić information content (AvgIpc) is 1.13. The molecule has 1 aliphatic heterocycles. The van der Waals surface area contributed by atoms with E-state index in [1.54, 1.807) is 127 Å². The van der Waals surface area contributed by atoms with Crippen molar-refractivity contribution in [2.75, 3.05) is 38.7 Å². The summed E-state index contributed by atoms with van der Waals surface area (Å²) in [6.07, 6.45) is -3.18. The SMILES string of the molecule is CC(C)C[C@@H]1NC(=O)CSC[C@@H](C(=O)N[C@@H](C)C(N)=O)NC(=O)[C@H]([C@@H](C)O)NC(=O)[C@H](C(C)C)NC(=O)[C@H](CC(C)C)NC(=O)[C@H](CCCNC(=N)N)NC(=O)[C@H](Cc2ccccc2)N(C)C(=O)[C@H](C)N(C)C(=O)[C@H](CCCNC(=N)N)NC(=O)[C@H](Cc2ccc(-c3ccccc3)cc2)NC(=O)[C@H](C(C)C)NC(=O)[C@H](Cc2c[nH]c3ccccc23)NC(=O)[C@H](CC(=O)O)NC(=O)[C@H](Cc2ccc(O)cc2)NC1=O. The van der Waals surface area contributed by atoms with Gasteiger partial charge in [-0.05, 0) is 135 Å². The van der Waals surface area contributed by atoms with E-state index in [1.807, 2.05) is 30.3 Å². The third kappa shape index (κ3) is 36.7. The van der Waals surface area contributed by atoms with Gasteiger partial charge in [-0.1, -0.05) is 171 Å². The minimum atomic E-state index is -2.07. The number of nitrogens with zero attached hydrogens (tertiary/aromatic N) is 2. The second kappa shape index (κ2) is 56.1. The number of benzene rings is 5. The molecule has 0 unspecified atom stereocenters. The number of aliphatic hydroxyl groups is 1. The van der Waals surface area contributed by atoms with Gasteiger partial charge in [0.2, 0.25) is 94.5 Å². The van der Waals surface area contributed by atoms with Crippen LogP contribution in [0.1, 0.15) is 143 Å². The maximum atomic E-state index is 15.6. The summed E-state index contributed by atoms with van der Waals surface area (Å²) in [6, 6.07) is 12.7. The van der Waals surface area contributed by atoms with Gasteiger partial charge in [-0.3, -0.25) is 92.3 Å². The molecule has 776 valence electrons. The van der Waals surface area contributed by atoms with Crippen LogP contribution in [0.4, 0.5) is 0 Å². The molecule has 1 aliphatic rings. The molecule has 0 spiro atoms. The standard InChI is InChI=1S/C99H139N23O20S/c1-52(2)42-70-85(130)113-72(45-61-34-38-65(124)39-35-61)87(132)115-75(48-79(126)127)88(133)114-74(47-64-49-107-67-29-21-20-28-66(64)67)90(135)118-80(54(5)6)93(138)116-73(44-60-32-36-63(37-33-60)62-26-18-15-19-27-62)86(131)111-69(31-23-41-106-99(103)104)97(142)121(12)57(10)96(141)122(13)77(46-59-24-16-14-17-25-59)92(137)110-68(30-22-40-105-98(101)102)84(129)112-71(43-53(3)4)89(134)119-81(55(7)8)94(139)120-82(58(11)123)95(140)117-76(50-143-51-78(125)109-70)91(136)108-56(9)83(100)128/h14-21,24-29,32-39,49,52-58,68-77,80-82,107,123-124H,22-23,30-31,40-48,50-51H2,1-13H3,(H2,100,128)(H,108,136)(H,109,125)(H,110,137)(H,111,131)(H,112,129)(H,113,130)(H,114,133)(H,115,132)(H,116,138)(H,117,140)(H,118,135)(H,119,134)(H,120,139)(H,126,127)(H4,101,102,105)(H4,103,104,106)/t56-,57-,58+,68-,69-,70-,71-,72-,73-,74-,75-,76-,77-,80-,81-,82-/m0/s1. The summed E-state index contributed by atoms with van der Waals surface area (Å²) in [5.74, 6) is -22.3. The van der Waals surface area contributed by atoms with Gasteiger partial charge in [-0.25, -0.2) is 0 Å². The highest BCUT2D eigenvalue weighted by atomic mass is 32.2. The fourth-order valence-electron chi connectivity index (χ4n) is 15.8. The zero-order valence-electron chi connectivity index (χ0n) is 82.7. The Morgan fingerprint density at radius 3 is 1.41 bits per heavy atom. The van der Waals surface area contributed by atoms with Crippen LogP contribution in [0.25, 0.3) is 22.0 Å². The molecule has 43 nitrogen and oxygen atoms in total. The number of guanidine groups is 2. The number of phenols is 1. The van der Waals surface area contributed by atoms with Crippen LogP contribution in [0.2, 0.25) is 0 Å². The van der Waals surface area contributed by atoms with Gasteiger partial charge in [-0.15, -0.1) is 11.8 Å². The molecule has 5 aromatic carbocycles. The number of rotatable bonds is 29. The van der Waals surface area contributed by atoms with Gasteiger partial charge >= 0.3 is 5.97 Å². The molecule has 1 saturated heterocycles. The quantitative estimate of drug-likeness (QED) is 0.0165. The van der Waals surface area contributed by atoms with Gasteiger partial charge in [0.05, 0.1) is 18.3 Å². The molecule has 1 fully saturated rings. The van der Waals surface area contributed by atoms with Gasteiger partial charge in [0, 0.05) is 75.7 Å². The molecule has 27 N–H and O–H groups in total. The lowest BCUT2D eigenvalue weighted by molar-refractivity contribution is -0.148.